The van der Waals surface area contributed by atoms with E-state index in [9.17, 15) is 17.6 Å². The van der Waals surface area contributed by atoms with Gasteiger partial charge >= 0.3 is 0 Å². The number of anilines is 2. The molecule has 1 aliphatic rings. The van der Waals surface area contributed by atoms with Crippen molar-refractivity contribution >= 4 is 48.3 Å². The molecule has 0 spiro atoms. The number of halogens is 1. The number of nitrogens with zero attached hydrogens (tertiary/aromatic N) is 4. The zero-order valence-electron chi connectivity index (χ0n) is 20.9. The highest BCUT2D eigenvalue weighted by atomic mass is 32.2. The van der Waals surface area contributed by atoms with Crippen molar-refractivity contribution in [3.63, 3.8) is 0 Å². The van der Waals surface area contributed by atoms with Crippen molar-refractivity contribution in [2.75, 3.05) is 55.5 Å². The minimum absolute atomic E-state index is 0.122. The van der Waals surface area contributed by atoms with Gasteiger partial charge in [-0.2, -0.15) is 0 Å². The number of amides is 1. The number of hydrogen-bond donors (Lipinski definition) is 1. The van der Waals surface area contributed by atoms with Gasteiger partial charge in [-0.05, 0) is 54.6 Å². The Kier molecular flexibility index (Phi) is 7.59. The van der Waals surface area contributed by atoms with Crippen LogP contribution in [0, 0.1) is 5.82 Å². The van der Waals surface area contributed by atoms with Crippen molar-refractivity contribution in [1.29, 1.82) is 0 Å². The molecular weight excluding hydrogens is 525 g/mol. The molecule has 38 heavy (non-hydrogen) atoms. The first kappa shape index (κ1) is 26.1. The maximum Gasteiger partial charge on any atom is 0.264 e. The van der Waals surface area contributed by atoms with Crippen LogP contribution >= 0.6 is 11.3 Å². The standard InChI is InChI=1S/C27H28FN5O3S2/c1-31(22-5-3-2-4-6-22)38(35,36)23-10-7-20(8-11-23)26(34)29-13-14-32-15-17-33(18-16-32)27-30-24-12-9-21(28)19-25(24)37-27/h2-12,19H,13-18H2,1H3,(H,29,34). The lowest BCUT2D eigenvalue weighted by Crippen LogP contribution is -2.48. The molecule has 1 amide bonds. The van der Waals surface area contributed by atoms with Gasteiger partial charge < -0.3 is 10.2 Å². The lowest BCUT2D eigenvalue weighted by atomic mass is 10.2. The molecule has 5 rings (SSSR count). The number of sulfonamides is 1. The van der Waals surface area contributed by atoms with Gasteiger partial charge in [0.15, 0.2) is 5.13 Å². The number of fused-ring (bicyclic) bond motifs is 1. The van der Waals surface area contributed by atoms with Gasteiger partial charge in [0.25, 0.3) is 15.9 Å². The Bertz CT molecular complexity index is 1520. The third kappa shape index (κ3) is 5.64. The molecule has 0 bridgehead atoms. The van der Waals surface area contributed by atoms with E-state index < -0.39 is 10.0 Å². The first-order valence-electron chi connectivity index (χ1n) is 12.3. The molecule has 1 fully saturated rings. The smallest absolute Gasteiger partial charge is 0.264 e. The molecule has 0 unspecified atom stereocenters. The van der Waals surface area contributed by atoms with Gasteiger partial charge in [0.05, 0.1) is 20.8 Å². The summed E-state index contributed by atoms with van der Waals surface area (Å²) in [7, 11) is -2.22. The summed E-state index contributed by atoms with van der Waals surface area (Å²) in [6.07, 6.45) is 0. The number of carbonyl (C=O) groups is 1. The highest BCUT2D eigenvalue weighted by Crippen LogP contribution is 2.30. The van der Waals surface area contributed by atoms with E-state index in [0.717, 1.165) is 41.5 Å². The van der Waals surface area contributed by atoms with E-state index in [4.69, 9.17) is 0 Å². The van der Waals surface area contributed by atoms with Gasteiger partial charge in [0.2, 0.25) is 0 Å². The molecule has 0 saturated carbocycles. The Hall–Kier alpha value is -3.54. The number of piperazine rings is 1. The molecule has 1 saturated heterocycles. The molecule has 11 heteroatoms. The molecule has 0 atom stereocenters. The minimum atomic E-state index is -3.73. The summed E-state index contributed by atoms with van der Waals surface area (Å²) in [4.78, 5) is 21.9. The maximum absolute atomic E-state index is 13.5. The molecule has 0 radical (unpaired) electrons. The van der Waals surface area contributed by atoms with Crippen LogP contribution in [0.5, 0.6) is 0 Å². The lowest BCUT2D eigenvalue weighted by Gasteiger charge is -2.34. The monoisotopic (exact) mass is 553 g/mol. The molecule has 198 valence electrons. The fourth-order valence-electron chi connectivity index (χ4n) is 4.33. The van der Waals surface area contributed by atoms with Crippen LogP contribution in [0.1, 0.15) is 10.4 Å². The first-order chi connectivity index (χ1) is 18.3. The van der Waals surface area contributed by atoms with Crippen LogP contribution in [0.25, 0.3) is 10.2 Å². The topological polar surface area (TPSA) is 85.8 Å². The molecule has 3 aromatic carbocycles. The Balaban J connectivity index is 1.10. The highest BCUT2D eigenvalue weighted by Gasteiger charge is 2.22. The van der Waals surface area contributed by atoms with Gasteiger partial charge in [-0.1, -0.05) is 29.5 Å². The summed E-state index contributed by atoms with van der Waals surface area (Å²) in [5, 5.41) is 3.82. The quantitative estimate of drug-likeness (QED) is 0.357. The Morgan fingerprint density at radius 2 is 1.74 bits per heavy atom. The van der Waals surface area contributed by atoms with Crippen molar-refractivity contribution in [3.8, 4) is 0 Å². The SMILES string of the molecule is CN(c1ccccc1)S(=O)(=O)c1ccc(C(=O)NCCN2CCN(c3nc4ccc(F)cc4s3)CC2)cc1. The van der Waals surface area contributed by atoms with E-state index >= 15 is 0 Å². The third-order valence-electron chi connectivity index (χ3n) is 6.59. The molecule has 0 aliphatic carbocycles. The molecule has 8 nitrogen and oxygen atoms in total. The third-order valence-corrected chi connectivity index (χ3v) is 9.47. The van der Waals surface area contributed by atoms with Crippen molar-refractivity contribution in [3.05, 3.63) is 84.2 Å². The minimum Gasteiger partial charge on any atom is -0.351 e. The number of para-hydroxylation sites is 1. The molecular formula is C27H28FN5O3S2. The second kappa shape index (κ2) is 11.1. The van der Waals surface area contributed by atoms with Gasteiger partial charge in [0, 0.05) is 51.9 Å². The molecule has 4 aromatic rings. The predicted octanol–water partition coefficient (Wildman–Crippen LogP) is 3.81. The molecule has 1 N–H and O–H groups in total. The number of aromatic nitrogens is 1. The lowest BCUT2D eigenvalue weighted by molar-refractivity contribution is 0.0947. The second-order valence-electron chi connectivity index (χ2n) is 9.03. The average Bonchev–Trinajstić information content (AvgIpc) is 3.36. The van der Waals surface area contributed by atoms with Crippen molar-refractivity contribution in [1.82, 2.24) is 15.2 Å². The zero-order valence-corrected chi connectivity index (χ0v) is 22.5. The van der Waals surface area contributed by atoms with E-state index in [2.05, 4.69) is 20.1 Å². The number of carbonyl (C=O) groups excluding carboxylic acids is 1. The van der Waals surface area contributed by atoms with Crippen LogP contribution in [0.15, 0.2) is 77.7 Å². The van der Waals surface area contributed by atoms with E-state index in [1.807, 2.05) is 6.07 Å². The Morgan fingerprint density at radius 3 is 2.45 bits per heavy atom. The van der Waals surface area contributed by atoms with E-state index in [0.29, 0.717) is 24.3 Å². The predicted molar refractivity (Wildman–Crippen MR) is 149 cm³/mol. The first-order valence-corrected chi connectivity index (χ1v) is 14.5. The van der Waals surface area contributed by atoms with Crippen molar-refractivity contribution < 1.29 is 17.6 Å². The van der Waals surface area contributed by atoms with Crippen molar-refractivity contribution in [2.45, 2.75) is 4.90 Å². The van der Waals surface area contributed by atoms with Gasteiger partial charge in [0.1, 0.15) is 5.82 Å². The van der Waals surface area contributed by atoms with Gasteiger partial charge in [-0.15, -0.1) is 0 Å². The van der Waals surface area contributed by atoms with Crippen LogP contribution in [0.3, 0.4) is 0 Å². The average molecular weight is 554 g/mol. The molecule has 2 heterocycles. The largest absolute Gasteiger partial charge is 0.351 e. The summed E-state index contributed by atoms with van der Waals surface area (Å²) >= 11 is 1.50. The number of hydrogen-bond acceptors (Lipinski definition) is 7. The maximum atomic E-state index is 13.5. The van der Waals surface area contributed by atoms with E-state index in [1.165, 1.54) is 59.1 Å². The van der Waals surface area contributed by atoms with Crippen LogP contribution < -0.4 is 14.5 Å². The fraction of sp³-hybridized carbons (Fsp3) is 0.259. The van der Waals surface area contributed by atoms with Gasteiger partial charge in [-0.25, -0.2) is 17.8 Å². The summed E-state index contributed by atoms with van der Waals surface area (Å²) < 4.78 is 41.4. The number of rotatable bonds is 8. The number of thiazole rings is 1. The summed E-state index contributed by atoms with van der Waals surface area (Å²) in [6, 6.07) is 19.5. The second-order valence-corrected chi connectivity index (χ2v) is 12.0. The Labute approximate surface area is 225 Å². The van der Waals surface area contributed by atoms with Crippen molar-refractivity contribution in [2.24, 2.45) is 0 Å². The summed E-state index contributed by atoms with van der Waals surface area (Å²) in [6.45, 7) is 4.48. The summed E-state index contributed by atoms with van der Waals surface area (Å²) in [5.41, 5.74) is 1.78. The highest BCUT2D eigenvalue weighted by molar-refractivity contribution is 7.92. The molecule has 1 aliphatic heterocycles. The normalized spacial score (nSPS) is 14.5. The van der Waals surface area contributed by atoms with E-state index in [1.54, 1.807) is 30.3 Å². The van der Waals surface area contributed by atoms with Crippen LogP contribution in [-0.2, 0) is 10.0 Å². The fourth-order valence-corrected chi connectivity index (χ4v) is 6.56. The Morgan fingerprint density at radius 1 is 1.03 bits per heavy atom. The molecule has 1 aromatic heterocycles. The van der Waals surface area contributed by atoms with Crippen LogP contribution in [0.4, 0.5) is 15.2 Å². The summed E-state index contributed by atoms with van der Waals surface area (Å²) in [5.74, 6) is -0.498. The number of nitrogens with one attached hydrogen (secondary N) is 1. The van der Waals surface area contributed by atoms with Crippen LogP contribution in [0.2, 0.25) is 0 Å². The number of benzene rings is 3. The van der Waals surface area contributed by atoms with E-state index in [-0.39, 0.29) is 16.6 Å². The van der Waals surface area contributed by atoms with Gasteiger partial charge in [-0.3, -0.25) is 14.0 Å². The van der Waals surface area contributed by atoms with Crippen LogP contribution in [-0.4, -0.2) is 70.5 Å². The zero-order chi connectivity index (χ0) is 26.7.